The minimum Gasteiger partial charge on any atom is -0.267 e. The number of nitrogens with zero attached hydrogens (tertiary/aromatic N) is 1. The van der Waals surface area contributed by atoms with Crippen molar-refractivity contribution in [1.29, 1.82) is 0 Å². The van der Waals surface area contributed by atoms with Gasteiger partial charge in [0.15, 0.2) is 0 Å². The molecule has 20 heavy (non-hydrogen) atoms. The largest absolute Gasteiger partial charge is 0.267 e. The molecule has 0 saturated heterocycles. The van der Waals surface area contributed by atoms with Gasteiger partial charge in [0, 0.05) is 6.54 Å². The molecule has 0 aliphatic carbocycles. The Bertz CT molecular complexity index is 679. The summed E-state index contributed by atoms with van der Waals surface area (Å²) in [4.78, 5) is 0.231. The molecule has 0 aliphatic rings. The summed E-state index contributed by atoms with van der Waals surface area (Å²) in [6.07, 6.45) is 0. The van der Waals surface area contributed by atoms with Crippen LogP contribution >= 0.6 is 0 Å². The third-order valence-corrected chi connectivity index (χ3v) is 4.93. The molecular weight excluding hydrogens is 277 g/mol. The van der Waals surface area contributed by atoms with Crippen molar-refractivity contribution in [2.24, 2.45) is 0 Å². The lowest BCUT2D eigenvalue weighted by atomic mass is 10.2. The van der Waals surface area contributed by atoms with E-state index in [9.17, 15) is 12.8 Å². The van der Waals surface area contributed by atoms with Gasteiger partial charge >= 0.3 is 0 Å². The number of hydrogen-bond acceptors (Lipinski definition) is 2. The van der Waals surface area contributed by atoms with Gasteiger partial charge in [0.25, 0.3) is 10.0 Å². The summed E-state index contributed by atoms with van der Waals surface area (Å²) < 4.78 is 39.4. The summed E-state index contributed by atoms with van der Waals surface area (Å²) >= 11 is 0. The first-order chi connectivity index (χ1) is 9.45. The molecule has 0 amide bonds. The van der Waals surface area contributed by atoms with Crippen molar-refractivity contribution in [3.05, 3.63) is 59.9 Å². The minimum absolute atomic E-state index is 0.231. The Kier molecular flexibility index (Phi) is 4.09. The van der Waals surface area contributed by atoms with E-state index in [1.807, 2.05) is 6.92 Å². The highest BCUT2D eigenvalue weighted by molar-refractivity contribution is 7.92. The molecule has 0 spiro atoms. The van der Waals surface area contributed by atoms with Gasteiger partial charge < -0.3 is 0 Å². The Hall–Kier alpha value is -1.88. The van der Waals surface area contributed by atoms with Crippen molar-refractivity contribution in [2.45, 2.75) is 18.7 Å². The number of benzene rings is 2. The number of halogens is 1. The van der Waals surface area contributed by atoms with Crippen LogP contribution in [-0.2, 0) is 10.0 Å². The van der Waals surface area contributed by atoms with Crippen LogP contribution in [0.15, 0.2) is 53.4 Å². The van der Waals surface area contributed by atoms with Crippen molar-refractivity contribution in [2.75, 3.05) is 10.8 Å². The lowest BCUT2D eigenvalue weighted by molar-refractivity contribution is 0.591. The minimum atomic E-state index is -3.62. The number of aryl methyl sites for hydroxylation is 1. The average Bonchev–Trinajstić information content (AvgIpc) is 2.42. The van der Waals surface area contributed by atoms with Gasteiger partial charge in [-0.05, 0) is 50.2 Å². The van der Waals surface area contributed by atoms with Gasteiger partial charge in [-0.3, -0.25) is 4.31 Å². The third-order valence-electron chi connectivity index (χ3n) is 3.01. The van der Waals surface area contributed by atoms with Crippen molar-refractivity contribution in [3.8, 4) is 0 Å². The molecule has 0 aromatic heterocycles. The number of hydrogen-bond donors (Lipinski definition) is 0. The predicted molar refractivity (Wildman–Crippen MR) is 77.8 cm³/mol. The van der Waals surface area contributed by atoms with Crippen molar-refractivity contribution >= 4 is 15.7 Å². The lowest BCUT2D eigenvalue weighted by Gasteiger charge is -2.23. The lowest BCUT2D eigenvalue weighted by Crippen LogP contribution is -2.30. The van der Waals surface area contributed by atoms with Crippen molar-refractivity contribution < 1.29 is 12.8 Å². The Morgan fingerprint density at radius 3 is 2.05 bits per heavy atom. The second kappa shape index (κ2) is 5.63. The van der Waals surface area contributed by atoms with Crippen LogP contribution in [0.3, 0.4) is 0 Å². The molecule has 106 valence electrons. The molecule has 0 radical (unpaired) electrons. The number of anilines is 1. The van der Waals surface area contributed by atoms with Crippen molar-refractivity contribution in [1.82, 2.24) is 0 Å². The van der Waals surface area contributed by atoms with E-state index in [4.69, 9.17) is 0 Å². The average molecular weight is 293 g/mol. The summed E-state index contributed by atoms with van der Waals surface area (Å²) in [6.45, 7) is 3.92. The van der Waals surface area contributed by atoms with Crippen LogP contribution in [0.4, 0.5) is 10.1 Å². The molecule has 0 fully saturated rings. The summed E-state index contributed by atoms with van der Waals surface area (Å²) in [5.41, 5.74) is 1.45. The van der Waals surface area contributed by atoms with Gasteiger partial charge in [-0.2, -0.15) is 0 Å². The molecule has 0 N–H and O–H groups in total. The van der Waals surface area contributed by atoms with E-state index in [1.54, 1.807) is 31.2 Å². The van der Waals surface area contributed by atoms with E-state index >= 15 is 0 Å². The van der Waals surface area contributed by atoms with Crippen LogP contribution < -0.4 is 4.31 Å². The van der Waals surface area contributed by atoms with Crippen LogP contribution in [-0.4, -0.2) is 15.0 Å². The van der Waals surface area contributed by atoms with E-state index < -0.39 is 15.8 Å². The molecule has 0 unspecified atom stereocenters. The van der Waals surface area contributed by atoms with Crippen LogP contribution in [0.2, 0.25) is 0 Å². The molecule has 0 bridgehead atoms. The zero-order valence-corrected chi connectivity index (χ0v) is 12.2. The zero-order valence-electron chi connectivity index (χ0n) is 11.4. The highest BCUT2D eigenvalue weighted by Crippen LogP contribution is 2.23. The summed E-state index contributed by atoms with van der Waals surface area (Å²) in [7, 11) is -3.62. The molecule has 0 aliphatic heterocycles. The zero-order chi connectivity index (χ0) is 14.8. The molecule has 0 atom stereocenters. The third kappa shape index (κ3) is 2.82. The van der Waals surface area contributed by atoms with E-state index in [2.05, 4.69) is 0 Å². The van der Waals surface area contributed by atoms with Crippen LogP contribution in [0, 0.1) is 12.7 Å². The maximum Gasteiger partial charge on any atom is 0.264 e. The Morgan fingerprint density at radius 1 is 1.00 bits per heavy atom. The van der Waals surface area contributed by atoms with Crippen LogP contribution in [0.25, 0.3) is 0 Å². The summed E-state index contributed by atoms with van der Waals surface area (Å²) in [5.74, 6) is -0.391. The topological polar surface area (TPSA) is 37.4 Å². The van der Waals surface area contributed by atoms with Gasteiger partial charge in [-0.15, -0.1) is 0 Å². The van der Waals surface area contributed by atoms with Crippen LogP contribution in [0.1, 0.15) is 12.5 Å². The molecule has 2 rings (SSSR count). The second-order valence-corrected chi connectivity index (χ2v) is 6.32. The van der Waals surface area contributed by atoms with E-state index in [1.165, 1.54) is 28.6 Å². The monoisotopic (exact) mass is 293 g/mol. The normalized spacial score (nSPS) is 11.3. The fraction of sp³-hybridized carbons (Fsp3) is 0.200. The maximum absolute atomic E-state index is 12.9. The smallest absolute Gasteiger partial charge is 0.264 e. The summed E-state index contributed by atoms with van der Waals surface area (Å²) in [5, 5.41) is 0. The number of rotatable bonds is 4. The Balaban J connectivity index is 2.44. The fourth-order valence-corrected chi connectivity index (χ4v) is 3.41. The highest BCUT2D eigenvalue weighted by atomic mass is 32.2. The van der Waals surface area contributed by atoms with Gasteiger partial charge in [-0.25, -0.2) is 12.8 Å². The first-order valence-corrected chi connectivity index (χ1v) is 7.74. The molecule has 0 heterocycles. The van der Waals surface area contributed by atoms with Gasteiger partial charge in [0.05, 0.1) is 10.6 Å². The second-order valence-electron chi connectivity index (χ2n) is 4.46. The summed E-state index contributed by atoms with van der Waals surface area (Å²) in [6, 6.07) is 12.1. The first-order valence-electron chi connectivity index (χ1n) is 6.30. The molecular formula is C15H16FNO2S. The van der Waals surface area contributed by atoms with Crippen molar-refractivity contribution in [3.63, 3.8) is 0 Å². The molecule has 2 aromatic rings. The quantitative estimate of drug-likeness (QED) is 0.867. The Labute approximate surface area is 118 Å². The standard InChI is InChI=1S/C15H16FNO2S/c1-3-17(14-8-6-13(16)7-9-14)20(18,19)15-10-4-12(2)5-11-15/h4-11H,3H2,1-2H3. The SMILES string of the molecule is CCN(c1ccc(F)cc1)S(=O)(=O)c1ccc(C)cc1. The molecule has 3 nitrogen and oxygen atoms in total. The number of sulfonamides is 1. The molecule has 0 saturated carbocycles. The van der Waals surface area contributed by atoms with E-state index in [0.29, 0.717) is 5.69 Å². The maximum atomic E-state index is 12.9. The first kappa shape index (κ1) is 14.5. The van der Waals surface area contributed by atoms with E-state index in [-0.39, 0.29) is 11.4 Å². The highest BCUT2D eigenvalue weighted by Gasteiger charge is 2.23. The Morgan fingerprint density at radius 2 is 1.55 bits per heavy atom. The molecule has 2 aromatic carbocycles. The van der Waals surface area contributed by atoms with Gasteiger partial charge in [0.2, 0.25) is 0 Å². The predicted octanol–water partition coefficient (Wildman–Crippen LogP) is 3.35. The van der Waals surface area contributed by atoms with Gasteiger partial charge in [0.1, 0.15) is 5.82 Å². The fourth-order valence-electron chi connectivity index (χ4n) is 1.94. The molecule has 5 heteroatoms. The van der Waals surface area contributed by atoms with E-state index in [0.717, 1.165) is 5.56 Å². The van der Waals surface area contributed by atoms with Crippen LogP contribution in [0.5, 0.6) is 0 Å². The van der Waals surface area contributed by atoms with Gasteiger partial charge in [-0.1, -0.05) is 17.7 Å².